The fraction of sp³-hybridized carbons (Fsp3) is 0.286. The lowest BCUT2D eigenvalue weighted by Crippen LogP contribution is -2.44. The van der Waals surface area contributed by atoms with E-state index in [4.69, 9.17) is 11.6 Å². The molecule has 1 atom stereocenters. The summed E-state index contributed by atoms with van der Waals surface area (Å²) in [4.78, 5) is 25.5. The average Bonchev–Trinajstić information content (AvgIpc) is 2.71. The van der Waals surface area contributed by atoms with Crippen LogP contribution in [0.4, 0.5) is 4.39 Å². The topological polar surface area (TPSA) is 48.3 Å². The molecule has 5 nitrogen and oxygen atoms in total. The van der Waals surface area contributed by atoms with Crippen LogP contribution >= 0.6 is 11.6 Å². The molecule has 2 aliphatic rings. The first kappa shape index (κ1) is 18.6. The highest BCUT2D eigenvalue weighted by Gasteiger charge is 2.30. The van der Waals surface area contributed by atoms with Crippen LogP contribution in [0.1, 0.15) is 23.5 Å². The zero-order valence-electron chi connectivity index (χ0n) is 15.3. The maximum absolute atomic E-state index is 13.1. The fourth-order valence-corrected chi connectivity index (χ4v) is 3.63. The lowest BCUT2D eigenvalue weighted by Gasteiger charge is -2.33. The van der Waals surface area contributed by atoms with E-state index in [0.717, 1.165) is 11.1 Å². The molecule has 0 saturated carbocycles. The van der Waals surface area contributed by atoms with Gasteiger partial charge in [-0.25, -0.2) is 14.4 Å². The Morgan fingerprint density at radius 1 is 1.11 bits per heavy atom. The standard InChI is InChI=1S/C21H20ClFN4O/c22-17-5-1-15(2-6-17)11-26-13-24-21(25-14-26)27-10-9-19(20(28)12-27)16-3-7-18(23)8-4-16/h1-8,13,19H,9-12,14H2. The average molecular weight is 399 g/mol. The van der Waals surface area contributed by atoms with E-state index in [2.05, 4.69) is 9.98 Å². The van der Waals surface area contributed by atoms with Gasteiger partial charge >= 0.3 is 0 Å². The molecule has 0 radical (unpaired) electrons. The summed E-state index contributed by atoms with van der Waals surface area (Å²) in [5, 5.41) is 0.713. The van der Waals surface area contributed by atoms with E-state index in [-0.39, 0.29) is 24.1 Å². The first-order valence-corrected chi connectivity index (χ1v) is 9.56. The summed E-state index contributed by atoms with van der Waals surface area (Å²) < 4.78 is 13.1. The van der Waals surface area contributed by atoms with Gasteiger partial charge in [-0.1, -0.05) is 35.9 Å². The number of carbonyl (C=O) groups is 1. The monoisotopic (exact) mass is 398 g/mol. The van der Waals surface area contributed by atoms with E-state index in [1.54, 1.807) is 18.5 Å². The zero-order valence-corrected chi connectivity index (χ0v) is 16.0. The van der Waals surface area contributed by atoms with Gasteiger partial charge in [0.05, 0.1) is 12.9 Å². The maximum atomic E-state index is 13.1. The van der Waals surface area contributed by atoms with Gasteiger partial charge in [0.1, 0.15) is 12.5 Å². The number of nitrogens with zero attached hydrogens (tertiary/aromatic N) is 4. The van der Waals surface area contributed by atoms with Gasteiger partial charge < -0.3 is 9.80 Å². The van der Waals surface area contributed by atoms with Gasteiger partial charge in [0.2, 0.25) is 5.96 Å². The molecule has 4 rings (SSSR count). The molecule has 0 bridgehead atoms. The Bertz CT molecular complexity index is 911. The van der Waals surface area contributed by atoms with E-state index in [1.165, 1.54) is 12.1 Å². The third-order valence-electron chi connectivity index (χ3n) is 5.01. The number of halogens is 2. The van der Waals surface area contributed by atoms with Crippen LogP contribution in [0.25, 0.3) is 0 Å². The molecule has 2 heterocycles. The Balaban J connectivity index is 1.34. The van der Waals surface area contributed by atoms with Crippen molar-refractivity contribution in [3.63, 3.8) is 0 Å². The van der Waals surface area contributed by atoms with E-state index in [0.29, 0.717) is 37.2 Å². The van der Waals surface area contributed by atoms with Crippen molar-refractivity contribution in [1.82, 2.24) is 9.80 Å². The summed E-state index contributed by atoms with van der Waals surface area (Å²) in [6.07, 6.45) is 2.45. The number of guanidine groups is 1. The molecule has 1 fully saturated rings. The van der Waals surface area contributed by atoms with Crippen LogP contribution < -0.4 is 0 Å². The SMILES string of the molecule is O=C1CN(C2=NCN(Cc3ccc(Cl)cc3)C=N2)CCC1c1ccc(F)cc1. The van der Waals surface area contributed by atoms with Crippen molar-refractivity contribution < 1.29 is 9.18 Å². The molecule has 2 aromatic carbocycles. The van der Waals surface area contributed by atoms with Crippen LogP contribution in [0.15, 0.2) is 58.5 Å². The Kier molecular flexibility index (Phi) is 5.39. The van der Waals surface area contributed by atoms with E-state index in [1.807, 2.05) is 34.1 Å². The Morgan fingerprint density at radius 3 is 2.50 bits per heavy atom. The Hall–Kier alpha value is -2.73. The quantitative estimate of drug-likeness (QED) is 0.792. The highest BCUT2D eigenvalue weighted by Crippen LogP contribution is 2.26. The second-order valence-corrected chi connectivity index (χ2v) is 7.43. The van der Waals surface area contributed by atoms with E-state index >= 15 is 0 Å². The third-order valence-corrected chi connectivity index (χ3v) is 5.26. The minimum atomic E-state index is -0.289. The molecule has 28 heavy (non-hydrogen) atoms. The minimum Gasteiger partial charge on any atom is -0.339 e. The number of likely N-dealkylation sites (tertiary alicyclic amines) is 1. The van der Waals surface area contributed by atoms with Crippen LogP contribution in [0.2, 0.25) is 5.02 Å². The van der Waals surface area contributed by atoms with E-state index in [9.17, 15) is 9.18 Å². The second kappa shape index (κ2) is 8.10. The number of hydrogen-bond acceptors (Lipinski definition) is 5. The number of benzene rings is 2. The van der Waals surface area contributed by atoms with Gasteiger partial charge in [0, 0.05) is 24.0 Å². The summed E-state index contributed by atoms with van der Waals surface area (Å²) in [5.74, 6) is 0.228. The van der Waals surface area contributed by atoms with Crippen molar-refractivity contribution in [3.8, 4) is 0 Å². The van der Waals surface area contributed by atoms with Crippen molar-refractivity contribution in [2.75, 3.05) is 19.8 Å². The number of ketones is 1. The summed E-state index contributed by atoms with van der Waals surface area (Å²) in [6, 6.07) is 13.9. The van der Waals surface area contributed by atoms with Crippen molar-refractivity contribution in [2.45, 2.75) is 18.9 Å². The van der Waals surface area contributed by atoms with Crippen LogP contribution in [0, 0.1) is 5.82 Å². The minimum absolute atomic E-state index is 0.111. The first-order valence-electron chi connectivity index (χ1n) is 9.19. The van der Waals surface area contributed by atoms with Gasteiger partial charge in [0.15, 0.2) is 5.78 Å². The fourth-order valence-electron chi connectivity index (χ4n) is 3.50. The van der Waals surface area contributed by atoms with Gasteiger partial charge in [-0.3, -0.25) is 4.79 Å². The van der Waals surface area contributed by atoms with Crippen LogP contribution in [0.5, 0.6) is 0 Å². The molecule has 2 aliphatic heterocycles. The van der Waals surface area contributed by atoms with Gasteiger partial charge in [-0.2, -0.15) is 0 Å². The third kappa shape index (κ3) is 4.22. The molecule has 1 saturated heterocycles. The number of aliphatic imine (C=N–C) groups is 2. The molecular weight excluding hydrogens is 379 g/mol. The summed E-state index contributed by atoms with van der Waals surface area (Å²) in [5.41, 5.74) is 2.00. The van der Waals surface area contributed by atoms with Crippen molar-refractivity contribution in [2.24, 2.45) is 9.98 Å². The van der Waals surface area contributed by atoms with Gasteiger partial charge in [-0.15, -0.1) is 0 Å². The number of hydrogen-bond donors (Lipinski definition) is 0. The lowest BCUT2D eigenvalue weighted by molar-refractivity contribution is -0.122. The predicted octanol–water partition coefficient (Wildman–Crippen LogP) is 3.70. The molecule has 144 valence electrons. The molecule has 0 amide bonds. The number of Topliss-reactive ketones (excluding diaryl/α,β-unsaturated/α-hetero) is 1. The van der Waals surface area contributed by atoms with Crippen molar-refractivity contribution >= 4 is 29.7 Å². The zero-order chi connectivity index (χ0) is 19.5. The number of carbonyl (C=O) groups excluding carboxylic acids is 1. The van der Waals surface area contributed by atoms with Gasteiger partial charge in [0.25, 0.3) is 0 Å². The Labute approximate surface area is 168 Å². The summed E-state index contributed by atoms with van der Waals surface area (Å²) >= 11 is 5.92. The molecule has 0 spiro atoms. The molecule has 1 unspecified atom stereocenters. The summed E-state index contributed by atoms with van der Waals surface area (Å²) in [7, 11) is 0. The van der Waals surface area contributed by atoms with Crippen molar-refractivity contribution in [3.05, 3.63) is 70.5 Å². The molecular formula is C21H20ClFN4O. The maximum Gasteiger partial charge on any atom is 0.224 e. The molecule has 0 N–H and O–H groups in total. The van der Waals surface area contributed by atoms with Crippen LogP contribution in [0.3, 0.4) is 0 Å². The first-order chi connectivity index (χ1) is 13.6. The second-order valence-electron chi connectivity index (χ2n) is 7.00. The normalized spacial score (nSPS) is 19.7. The lowest BCUT2D eigenvalue weighted by atomic mass is 9.88. The number of piperidine rings is 1. The predicted molar refractivity (Wildman–Crippen MR) is 108 cm³/mol. The molecule has 2 aromatic rings. The largest absolute Gasteiger partial charge is 0.339 e. The molecule has 0 aliphatic carbocycles. The highest BCUT2D eigenvalue weighted by atomic mass is 35.5. The van der Waals surface area contributed by atoms with Crippen LogP contribution in [-0.4, -0.2) is 47.6 Å². The molecule has 0 aromatic heterocycles. The van der Waals surface area contributed by atoms with Gasteiger partial charge in [-0.05, 0) is 41.8 Å². The number of rotatable bonds is 3. The van der Waals surface area contributed by atoms with Crippen molar-refractivity contribution in [1.29, 1.82) is 0 Å². The smallest absolute Gasteiger partial charge is 0.224 e. The van der Waals surface area contributed by atoms with E-state index < -0.39 is 0 Å². The molecule has 7 heteroatoms. The van der Waals surface area contributed by atoms with Crippen LogP contribution in [-0.2, 0) is 11.3 Å². The Morgan fingerprint density at radius 2 is 1.86 bits per heavy atom. The highest BCUT2D eigenvalue weighted by molar-refractivity contribution is 6.30. The summed E-state index contributed by atoms with van der Waals surface area (Å²) in [6.45, 7) is 2.16.